The predicted octanol–water partition coefficient (Wildman–Crippen LogP) is 5.05. The van der Waals surface area contributed by atoms with Crippen molar-refractivity contribution in [3.8, 4) is 11.1 Å². The first-order valence-electron chi connectivity index (χ1n) is 8.95. The van der Waals surface area contributed by atoms with Crippen LogP contribution >= 0.6 is 0 Å². The molecule has 0 aliphatic heterocycles. The summed E-state index contributed by atoms with van der Waals surface area (Å²) in [5.74, 6) is 0.628. The molecule has 151 valence electrons. The SMILES string of the molecule is CN(C)c1ccc(-c2ccc([N-]CC[S-])c(C[N-]CC(C)(C)[S-])c2)cc1.[O]=[Tc+4]. The minimum absolute atomic E-state index is 0.211. The van der Waals surface area contributed by atoms with Crippen LogP contribution in [0.5, 0.6) is 0 Å². The molecule has 0 N–H and O–H groups in total. The third-order valence-corrected chi connectivity index (χ3v) is 4.26. The number of hydrogen-bond donors (Lipinski definition) is 0. The van der Waals surface area contributed by atoms with Gasteiger partial charge in [0.05, 0.1) is 0 Å². The molecule has 7 heteroatoms. The van der Waals surface area contributed by atoms with Crippen LogP contribution in [0.1, 0.15) is 19.4 Å². The Balaban J connectivity index is 0.00000190. The van der Waals surface area contributed by atoms with Gasteiger partial charge in [-0.1, -0.05) is 49.7 Å². The molecule has 0 unspecified atom stereocenters. The van der Waals surface area contributed by atoms with Crippen molar-refractivity contribution >= 4 is 36.6 Å². The number of benzene rings is 2. The molecular formula is C21H27N3OS2Tc. The van der Waals surface area contributed by atoms with E-state index in [1.807, 2.05) is 27.9 Å². The van der Waals surface area contributed by atoms with Crippen LogP contribution in [0.4, 0.5) is 11.4 Å². The van der Waals surface area contributed by atoms with Crippen LogP contribution in [0.3, 0.4) is 0 Å². The normalized spacial score (nSPS) is 10.9. The Kier molecular flexibility index (Phi) is 11.4. The summed E-state index contributed by atoms with van der Waals surface area (Å²) in [6.45, 7) is 5.99. The van der Waals surface area contributed by atoms with Gasteiger partial charge in [-0.2, -0.15) is 23.6 Å². The second-order valence-electron chi connectivity index (χ2n) is 7.17. The maximum atomic E-state index is 8.22. The van der Waals surface area contributed by atoms with Gasteiger partial charge in [-0.05, 0) is 23.3 Å². The van der Waals surface area contributed by atoms with E-state index in [9.17, 15) is 0 Å². The first-order chi connectivity index (χ1) is 13.3. The Morgan fingerprint density at radius 3 is 2.18 bits per heavy atom. The van der Waals surface area contributed by atoms with Crippen LogP contribution in [0.25, 0.3) is 21.8 Å². The summed E-state index contributed by atoms with van der Waals surface area (Å²) >= 11 is 11.3. The van der Waals surface area contributed by atoms with E-state index >= 15 is 0 Å². The standard InChI is InChI=1S/C21H29N3S2.O.Tc/c1-21(2,26)15-22-14-18-13-17(7-10-20(18)23-11-12-25)16-5-8-19(9-6-16)24(3)4;;/h5-10,13,25-26H,11-12,14-15H2,1-4H3;;/q-2;;+4/p-2. The van der Waals surface area contributed by atoms with Crippen LogP contribution in [0.15, 0.2) is 42.5 Å². The number of rotatable bonds is 9. The van der Waals surface area contributed by atoms with Gasteiger partial charge in [0, 0.05) is 19.8 Å². The van der Waals surface area contributed by atoms with Crippen LogP contribution in [-0.4, -0.2) is 37.7 Å². The topological polar surface area (TPSA) is 48.5 Å². The summed E-state index contributed by atoms with van der Waals surface area (Å²) in [4.78, 5) is 2.10. The molecule has 0 saturated heterocycles. The Morgan fingerprint density at radius 2 is 1.64 bits per heavy atom. The van der Waals surface area contributed by atoms with Crippen molar-refractivity contribution in [2.24, 2.45) is 0 Å². The molecule has 0 radical (unpaired) electrons. The minimum atomic E-state index is -0.211. The van der Waals surface area contributed by atoms with Crippen LogP contribution in [-0.2, 0) is 54.2 Å². The Labute approximate surface area is 191 Å². The van der Waals surface area contributed by atoms with Crippen LogP contribution < -0.4 is 4.90 Å². The van der Waals surface area contributed by atoms with Crippen LogP contribution in [0.2, 0.25) is 0 Å². The van der Waals surface area contributed by atoms with E-state index in [2.05, 4.69) is 58.0 Å². The van der Waals surface area contributed by atoms with Crippen molar-refractivity contribution in [2.45, 2.75) is 25.1 Å². The molecule has 0 fully saturated rings. The summed E-state index contributed by atoms with van der Waals surface area (Å²) < 4.78 is 8.01. The fraction of sp³-hybridized carbons (Fsp3) is 0.429. The predicted molar refractivity (Wildman–Crippen MR) is 120 cm³/mol. The van der Waals surface area contributed by atoms with Gasteiger partial charge in [-0.15, -0.1) is 12.2 Å². The molecule has 0 amide bonds. The molecule has 2 aromatic carbocycles. The van der Waals surface area contributed by atoms with E-state index in [-0.39, 0.29) is 4.75 Å². The summed E-state index contributed by atoms with van der Waals surface area (Å²) in [6.07, 6.45) is 0. The van der Waals surface area contributed by atoms with E-state index in [1.165, 1.54) is 16.8 Å². The molecule has 0 aliphatic carbocycles. The van der Waals surface area contributed by atoms with Gasteiger partial charge in [0.25, 0.3) is 0 Å². The van der Waals surface area contributed by atoms with Gasteiger partial charge in [0.15, 0.2) is 0 Å². The van der Waals surface area contributed by atoms with Crippen LogP contribution in [0, 0.1) is 0 Å². The van der Waals surface area contributed by atoms with Crippen molar-refractivity contribution < 1.29 is 22.4 Å². The number of nitrogens with zero attached hydrogens (tertiary/aromatic N) is 3. The van der Waals surface area contributed by atoms with Gasteiger partial charge in [-0.3, -0.25) is 0 Å². The van der Waals surface area contributed by atoms with E-state index < -0.39 is 0 Å². The molecule has 28 heavy (non-hydrogen) atoms. The van der Waals surface area contributed by atoms with Crippen molar-refractivity contribution in [2.75, 3.05) is 37.8 Å². The summed E-state index contributed by atoms with van der Waals surface area (Å²) in [7, 11) is 4.09. The van der Waals surface area contributed by atoms with Gasteiger partial charge in [0.1, 0.15) is 0 Å². The van der Waals surface area contributed by atoms with Gasteiger partial charge in [-0.25, -0.2) is 0 Å². The van der Waals surface area contributed by atoms with Gasteiger partial charge in [0.2, 0.25) is 0 Å². The molecule has 0 atom stereocenters. The molecule has 0 aliphatic rings. The van der Waals surface area contributed by atoms with Crippen molar-refractivity contribution in [1.82, 2.24) is 0 Å². The van der Waals surface area contributed by atoms with Crippen molar-refractivity contribution in [3.05, 3.63) is 58.7 Å². The first-order valence-corrected chi connectivity index (χ1v) is 10.7. The Bertz CT molecular complexity index is 719. The summed E-state index contributed by atoms with van der Waals surface area (Å²) in [6, 6.07) is 14.9. The monoisotopic (exact) mass is 498 g/mol. The third-order valence-electron chi connectivity index (χ3n) is 3.94. The van der Waals surface area contributed by atoms with E-state index in [0.29, 0.717) is 25.4 Å². The average molecular weight is 500 g/mol. The molecule has 0 heterocycles. The van der Waals surface area contributed by atoms with E-state index in [4.69, 9.17) is 28.8 Å². The van der Waals surface area contributed by atoms with Crippen molar-refractivity contribution in [1.29, 1.82) is 0 Å². The fourth-order valence-corrected chi connectivity index (χ4v) is 2.79. The van der Waals surface area contributed by atoms with Crippen molar-refractivity contribution in [3.63, 3.8) is 0 Å². The molecule has 2 rings (SSSR count). The zero-order valence-electron chi connectivity index (χ0n) is 16.8. The van der Waals surface area contributed by atoms with E-state index in [0.717, 1.165) is 30.1 Å². The zero-order chi connectivity index (χ0) is 21.2. The molecule has 4 nitrogen and oxygen atoms in total. The molecular weight excluding hydrogens is 472 g/mol. The van der Waals surface area contributed by atoms with E-state index in [1.54, 1.807) is 0 Å². The molecule has 0 bridgehead atoms. The number of hydrogen-bond acceptors (Lipinski definition) is 4. The fourth-order valence-electron chi connectivity index (χ4n) is 2.61. The average Bonchev–Trinajstić information content (AvgIpc) is 2.67. The Hall–Kier alpha value is -0.851. The van der Waals surface area contributed by atoms with Gasteiger partial charge < -0.3 is 40.8 Å². The molecule has 0 saturated carbocycles. The molecule has 2 aromatic rings. The molecule has 0 spiro atoms. The first kappa shape index (κ1) is 25.2. The quantitative estimate of drug-likeness (QED) is 0.453. The number of anilines is 1. The molecule has 0 aromatic heterocycles. The second-order valence-corrected chi connectivity index (χ2v) is 8.68. The summed E-state index contributed by atoms with van der Waals surface area (Å²) in [5, 5.41) is 9.27. The summed E-state index contributed by atoms with van der Waals surface area (Å²) in [5.41, 5.74) is 5.66. The zero-order valence-corrected chi connectivity index (χ0v) is 20.3. The third kappa shape index (κ3) is 8.66. The Morgan fingerprint density at radius 1 is 1.04 bits per heavy atom. The second kappa shape index (κ2) is 12.7. The maximum absolute atomic E-state index is 8.22. The van der Waals surface area contributed by atoms with Gasteiger partial charge >= 0.3 is 22.4 Å².